The number of aromatic nitrogens is 4. The van der Waals surface area contributed by atoms with Crippen molar-refractivity contribution in [3.63, 3.8) is 0 Å². The number of nitrogens with zero attached hydrogens (tertiary/aromatic N) is 4. The van der Waals surface area contributed by atoms with Crippen molar-refractivity contribution >= 4 is 23.3 Å². The molecule has 31 heavy (non-hydrogen) atoms. The van der Waals surface area contributed by atoms with Crippen LogP contribution in [0.4, 0.5) is 0 Å². The van der Waals surface area contributed by atoms with Crippen LogP contribution in [0.15, 0.2) is 59.7 Å². The number of methoxy groups -OCH3 is 1. The molecule has 9 heteroatoms. The fourth-order valence-electron chi connectivity index (χ4n) is 3.23. The average Bonchev–Trinajstić information content (AvgIpc) is 3.20. The fourth-order valence-corrected chi connectivity index (χ4v) is 3.23. The number of hydrogen-bond acceptors (Lipinski definition) is 7. The Morgan fingerprint density at radius 2 is 1.87 bits per heavy atom. The Hall–Kier alpha value is -4.27. The summed E-state index contributed by atoms with van der Waals surface area (Å²) in [5, 5.41) is 4.33. The van der Waals surface area contributed by atoms with Crippen LogP contribution in [0.1, 0.15) is 27.8 Å². The molecule has 0 bridgehead atoms. The number of esters is 1. The van der Waals surface area contributed by atoms with Gasteiger partial charge in [0.05, 0.1) is 25.1 Å². The molecule has 0 radical (unpaired) electrons. The second-order valence-electron chi connectivity index (χ2n) is 6.47. The minimum Gasteiger partial charge on any atom is -0.497 e. The summed E-state index contributed by atoms with van der Waals surface area (Å²) >= 11 is 0. The Balaban J connectivity index is 2.02. The maximum Gasteiger partial charge on any atom is 0.361 e. The summed E-state index contributed by atoms with van der Waals surface area (Å²) in [7, 11) is 1.55. The average molecular weight is 418 g/mol. The Labute approximate surface area is 176 Å². The summed E-state index contributed by atoms with van der Waals surface area (Å²) in [4.78, 5) is 41.7. The van der Waals surface area contributed by atoms with E-state index in [1.807, 2.05) is 0 Å². The summed E-state index contributed by atoms with van der Waals surface area (Å²) in [5.41, 5.74) is 0.861. The standard InChI is InChI=1S/C22H18N4O5/c1-3-31-22(29)19-18-20(26(24-19)15-8-10-16(30-2)11-9-15)21(28)25(13-23-18)17-7-5-4-6-14(17)12-27/h4-13H,3H2,1-2H3. The van der Waals surface area contributed by atoms with Gasteiger partial charge in [0.1, 0.15) is 17.6 Å². The van der Waals surface area contributed by atoms with Crippen molar-refractivity contribution in [1.82, 2.24) is 19.3 Å². The fraction of sp³-hybridized carbons (Fsp3) is 0.136. The quantitative estimate of drug-likeness (QED) is 0.350. The number of carbonyl (C=O) groups excluding carboxylic acids is 2. The first kappa shape index (κ1) is 20.0. The van der Waals surface area contributed by atoms with Crippen molar-refractivity contribution in [1.29, 1.82) is 0 Å². The van der Waals surface area contributed by atoms with E-state index in [9.17, 15) is 14.4 Å². The molecule has 0 saturated heterocycles. The van der Waals surface area contributed by atoms with Gasteiger partial charge in [0.2, 0.25) is 0 Å². The van der Waals surface area contributed by atoms with Crippen LogP contribution in [0.3, 0.4) is 0 Å². The molecular weight excluding hydrogens is 400 g/mol. The molecule has 0 atom stereocenters. The lowest BCUT2D eigenvalue weighted by Crippen LogP contribution is -2.22. The molecule has 2 heterocycles. The monoisotopic (exact) mass is 418 g/mol. The molecule has 4 aromatic rings. The highest BCUT2D eigenvalue weighted by atomic mass is 16.5. The number of ether oxygens (including phenoxy) is 2. The van der Waals surface area contributed by atoms with Crippen molar-refractivity contribution < 1.29 is 19.1 Å². The number of carbonyl (C=O) groups is 2. The van der Waals surface area contributed by atoms with Crippen LogP contribution in [0.25, 0.3) is 22.4 Å². The van der Waals surface area contributed by atoms with Crippen LogP contribution in [0.2, 0.25) is 0 Å². The topological polar surface area (TPSA) is 105 Å². The third kappa shape index (κ3) is 3.46. The smallest absolute Gasteiger partial charge is 0.361 e. The molecule has 0 aliphatic carbocycles. The van der Waals surface area contributed by atoms with Gasteiger partial charge in [-0.2, -0.15) is 5.10 Å². The first-order valence-electron chi connectivity index (χ1n) is 9.45. The molecular formula is C22H18N4O5. The predicted molar refractivity (Wildman–Crippen MR) is 112 cm³/mol. The SMILES string of the molecule is CCOC(=O)c1nn(-c2ccc(OC)cc2)c2c(=O)n(-c3ccccc3C=O)cnc12. The first-order chi connectivity index (χ1) is 15.1. The van der Waals surface area contributed by atoms with E-state index in [-0.39, 0.29) is 23.3 Å². The summed E-state index contributed by atoms with van der Waals surface area (Å²) in [6.07, 6.45) is 1.94. The molecule has 0 saturated carbocycles. The van der Waals surface area contributed by atoms with Gasteiger partial charge in [-0.05, 0) is 43.3 Å². The summed E-state index contributed by atoms with van der Waals surface area (Å²) < 4.78 is 12.9. The Kier molecular flexibility index (Phi) is 5.31. The number of benzene rings is 2. The number of fused-ring (bicyclic) bond motifs is 1. The van der Waals surface area contributed by atoms with Crippen LogP contribution in [0.5, 0.6) is 5.75 Å². The van der Waals surface area contributed by atoms with Crippen molar-refractivity contribution in [2.75, 3.05) is 13.7 Å². The van der Waals surface area contributed by atoms with Crippen molar-refractivity contribution in [3.05, 3.63) is 76.5 Å². The van der Waals surface area contributed by atoms with Gasteiger partial charge in [0.25, 0.3) is 5.56 Å². The Morgan fingerprint density at radius 3 is 2.55 bits per heavy atom. The van der Waals surface area contributed by atoms with E-state index in [1.165, 1.54) is 15.6 Å². The normalized spacial score (nSPS) is 10.8. The largest absolute Gasteiger partial charge is 0.497 e. The Morgan fingerprint density at radius 1 is 1.13 bits per heavy atom. The molecule has 0 aliphatic rings. The molecule has 0 aliphatic heterocycles. The van der Waals surface area contributed by atoms with Gasteiger partial charge in [-0.25, -0.2) is 14.5 Å². The van der Waals surface area contributed by atoms with Gasteiger partial charge in [-0.1, -0.05) is 12.1 Å². The lowest BCUT2D eigenvalue weighted by molar-refractivity contribution is 0.0521. The number of rotatable bonds is 6. The minimum absolute atomic E-state index is 0.0689. The van der Waals surface area contributed by atoms with E-state index in [0.717, 1.165) is 0 Å². The summed E-state index contributed by atoms with van der Waals surface area (Å²) in [6.45, 7) is 1.83. The predicted octanol–water partition coefficient (Wildman–Crippen LogP) is 2.57. The second kappa shape index (κ2) is 8.23. The van der Waals surface area contributed by atoms with Crippen LogP contribution >= 0.6 is 0 Å². The van der Waals surface area contributed by atoms with E-state index in [1.54, 1.807) is 62.6 Å². The molecule has 0 unspecified atom stereocenters. The van der Waals surface area contributed by atoms with Crippen LogP contribution in [-0.4, -0.2) is 45.3 Å². The number of hydrogen-bond donors (Lipinski definition) is 0. The van der Waals surface area contributed by atoms with E-state index >= 15 is 0 Å². The maximum atomic E-state index is 13.5. The van der Waals surface area contributed by atoms with Gasteiger partial charge in [0, 0.05) is 5.56 Å². The van der Waals surface area contributed by atoms with Gasteiger partial charge in [-0.15, -0.1) is 0 Å². The van der Waals surface area contributed by atoms with E-state index < -0.39 is 11.5 Å². The highest BCUT2D eigenvalue weighted by molar-refractivity contribution is 6.00. The van der Waals surface area contributed by atoms with Crippen LogP contribution in [-0.2, 0) is 4.74 Å². The molecule has 0 amide bonds. The van der Waals surface area contributed by atoms with Crippen molar-refractivity contribution in [2.24, 2.45) is 0 Å². The zero-order valence-electron chi connectivity index (χ0n) is 16.8. The van der Waals surface area contributed by atoms with E-state index in [2.05, 4.69) is 10.1 Å². The molecule has 9 nitrogen and oxygen atoms in total. The van der Waals surface area contributed by atoms with E-state index in [4.69, 9.17) is 9.47 Å². The molecule has 2 aromatic heterocycles. The zero-order valence-corrected chi connectivity index (χ0v) is 16.8. The molecule has 2 aromatic carbocycles. The minimum atomic E-state index is -0.683. The summed E-state index contributed by atoms with van der Waals surface area (Å²) in [5.74, 6) is -0.0565. The van der Waals surface area contributed by atoms with Gasteiger partial charge in [0.15, 0.2) is 17.5 Å². The lowest BCUT2D eigenvalue weighted by Gasteiger charge is -2.09. The second-order valence-corrected chi connectivity index (χ2v) is 6.47. The molecule has 4 rings (SSSR count). The highest BCUT2D eigenvalue weighted by Crippen LogP contribution is 2.22. The zero-order chi connectivity index (χ0) is 22.0. The van der Waals surface area contributed by atoms with Crippen LogP contribution in [0, 0.1) is 0 Å². The Bertz CT molecular complexity index is 1340. The van der Waals surface area contributed by atoms with Gasteiger partial charge in [-0.3, -0.25) is 14.2 Å². The van der Waals surface area contributed by atoms with Gasteiger partial charge >= 0.3 is 5.97 Å². The molecule has 0 N–H and O–H groups in total. The molecule has 156 valence electrons. The van der Waals surface area contributed by atoms with E-state index in [0.29, 0.717) is 29.0 Å². The lowest BCUT2D eigenvalue weighted by atomic mass is 10.2. The molecule has 0 spiro atoms. The maximum absolute atomic E-state index is 13.5. The van der Waals surface area contributed by atoms with Gasteiger partial charge < -0.3 is 9.47 Å². The molecule has 0 fully saturated rings. The number of aldehydes is 1. The van der Waals surface area contributed by atoms with Crippen molar-refractivity contribution in [2.45, 2.75) is 6.92 Å². The summed E-state index contributed by atoms with van der Waals surface area (Å²) in [6, 6.07) is 13.5. The first-order valence-corrected chi connectivity index (χ1v) is 9.45. The third-order valence-electron chi connectivity index (χ3n) is 4.69. The third-order valence-corrected chi connectivity index (χ3v) is 4.69. The van der Waals surface area contributed by atoms with Crippen molar-refractivity contribution in [3.8, 4) is 17.1 Å². The van der Waals surface area contributed by atoms with Crippen LogP contribution < -0.4 is 10.3 Å². The number of para-hydroxylation sites is 1. The highest BCUT2D eigenvalue weighted by Gasteiger charge is 2.24.